The number of thiophene rings is 1. The lowest BCUT2D eigenvalue weighted by atomic mass is 9.99. The molecule has 0 radical (unpaired) electrons. The average Bonchev–Trinajstić information content (AvgIpc) is 3.96. The van der Waals surface area contributed by atoms with Gasteiger partial charge in [-0.3, -0.25) is 0 Å². The van der Waals surface area contributed by atoms with Crippen LogP contribution in [-0.2, 0) is 0 Å². The van der Waals surface area contributed by atoms with Crippen LogP contribution in [0.3, 0.4) is 0 Å². The molecule has 12 aromatic rings. The lowest BCUT2D eigenvalue weighted by Gasteiger charge is -2.09. The number of aromatic nitrogens is 4. The first-order valence-corrected chi connectivity index (χ1v) is 19.8. The van der Waals surface area contributed by atoms with Crippen LogP contribution in [0.15, 0.2) is 186 Å². The van der Waals surface area contributed by atoms with Gasteiger partial charge in [0.2, 0.25) is 0 Å². The molecule has 57 heavy (non-hydrogen) atoms. The molecule has 0 bridgehead atoms. The van der Waals surface area contributed by atoms with Crippen molar-refractivity contribution in [1.82, 2.24) is 19.5 Å². The number of furan rings is 1. The molecule has 5 nitrogen and oxygen atoms in total. The van der Waals surface area contributed by atoms with Crippen molar-refractivity contribution in [2.24, 2.45) is 0 Å². The fourth-order valence-electron chi connectivity index (χ4n) is 8.46. The third-order valence-electron chi connectivity index (χ3n) is 11.1. The van der Waals surface area contributed by atoms with E-state index in [1.807, 2.05) is 84.1 Å². The molecular weight excluding hydrogens is 717 g/mol. The van der Waals surface area contributed by atoms with E-state index in [1.165, 1.54) is 47.5 Å². The minimum atomic E-state index is 0.604. The summed E-state index contributed by atoms with van der Waals surface area (Å²) in [6.45, 7) is 0. The highest BCUT2D eigenvalue weighted by atomic mass is 32.1. The summed E-state index contributed by atoms with van der Waals surface area (Å²) < 4.78 is 11.4. The Morgan fingerprint density at radius 2 is 1.02 bits per heavy atom. The van der Waals surface area contributed by atoms with Gasteiger partial charge in [0.1, 0.15) is 11.2 Å². The predicted molar refractivity (Wildman–Crippen MR) is 236 cm³/mol. The minimum absolute atomic E-state index is 0.604. The van der Waals surface area contributed by atoms with Crippen LogP contribution in [0, 0.1) is 0 Å². The highest BCUT2D eigenvalue weighted by Gasteiger charge is 2.20. The van der Waals surface area contributed by atoms with Crippen molar-refractivity contribution in [3.63, 3.8) is 0 Å². The van der Waals surface area contributed by atoms with Gasteiger partial charge in [0.15, 0.2) is 17.5 Å². The molecule has 0 aliphatic carbocycles. The summed E-state index contributed by atoms with van der Waals surface area (Å²) in [5.74, 6) is 1.86. The molecular formula is C51H30N4OS. The smallest absolute Gasteiger partial charge is 0.164 e. The van der Waals surface area contributed by atoms with Crippen molar-refractivity contribution in [2.45, 2.75) is 0 Å². The highest BCUT2D eigenvalue weighted by Crippen LogP contribution is 2.44. The molecule has 0 spiro atoms. The van der Waals surface area contributed by atoms with Crippen LogP contribution >= 0.6 is 11.3 Å². The van der Waals surface area contributed by atoms with E-state index in [0.29, 0.717) is 17.5 Å². The van der Waals surface area contributed by atoms with Crippen molar-refractivity contribution in [1.29, 1.82) is 0 Å². The number of hydrogen-bond acceptors (Lipinski definition) is 5. The molecule has 0 unspecified atom stereocenters. The molecule has 0 aliphatic rings. The zero-order valence-corrected chi connectivity index (χ0v) is 31.2. The van der Waals surface area contributed by atoms with E-state index in [2.05, 4.69) is 114 Å². The monoisotopic (exact) mass is 746 g/mol. The molecule has 0 N–H and O–H groups in total. The van der Waals surface area contributed by atoms with E-state index in [4.69, 9.17) is 19.4 Å². The van der Waals surface area contributed by atoms with Crippen molar-refractivity contribution < 1.29 is 4.42 Å². The van der Waals surface area contributed by atoms with Gasteiger partial charge in [0.05, 0.1) is 11.0 Å². The van der Waals surface area contributed by atoms with E-state index in [1.54, 1.807) is 0 Å². The van der Waals surface area contributed by atoms with Crippen LogP contribution < -0.4 is 0 Å². The Labute approximate surface area is 330 Å². The maximum Gasteiger partial charge on any atom is 0.164 e. The average molecular weight is 747 g/mol. The Morgan fingerprint density at radius 1 is 0.404 bits per heavy atom. The Morgan fingerprint density at radius 3 is 1.74 bits per heavy atom. The Hall–Kier alpha value is -7.41. The summed E-state index contributed by atoms with van der Waals surface area (Å²) in [7, 11) is 0. The fourth-order valence-corrected chi connectivity index (χ4v) is 9.74. The van der Waals surface area contributed by atoms with Crippen molar-refractivity contribution in [2.75, 3.05) is 0 Å². The summed E-state index contributed by atoms with van der Waals surface area (Å²) in [5.41, 5.74) is 10.3. The van der Waals surface area contributed by atoms with Gasteiger partial charge in [-0.1, -0.05) is 140 Å². The van der Waals surface area contributed by atoms with E-state index in [-0.39, 0.29) is 0 Å². The predicted octanol–water partition coefficient (Wildman–Crippen LogP) is 13.9. The number of fused-ring (bicyclic) bond motifs is 9. The lowest BCUT2D eigenvalue weighted by molar-refractivity contribution is 0.669. The largest absolute Gasteiger partial charge is 0.456 e. The first-order chi connectivity index (χ1) is 28.2. The van der Waals surface area contributed by atoms with Crippen LogP contribution in [0.1, 0.15) is 0 Å². The van der Waals surface area contributed by atoms with Crippen LogP contribution in [0.4, 0.5) is 0 Å². The van der Waals surface area contributed by atoms with Crippen LogP contribution in [0.5, 0.6) is 0 Å². The fraction of sp³-hybridized carbons (Fsp3) is 0. The SMILES string of the molecule is c1ccc(-c2nc(-c3ccccc3)nc(-c3cccc4oc5ccc(-c6cccc7c6sc6cc(-n8c9ccccc9c9ccccc98)ccc67)cc5c34)n2)cc1. The normalized spacial score (nSPS) is 11.9. The topological polar surface area (TPSA) is 56.7 Å². The van der Waals surface area contributed by atoms with Gasteiger partial charge in [-0.15, -0.1) is 11.3 Å². The Kier molecular flexibility index (Phi) is 7.03. The summed E-state index contributed by atoms with van der Waals surface area (Å²) in [6.07, 6.45) is 0. The van der Waals surface area contributed by atoms with Crippen LogP contribution in [0.2, 0.25) is 0 Å². The van der Waals surface area contributed by atoms with Gasteiger partial charge in [0, 0.05) is 64.1 Å². The summed E-state index contributed by atoms with van der Waals surface area (Å²) in [4.78, 5) is 15.1. The second-order valence-corrected chi connectivity index (χ2v) is 15.4. The van der Waals surface area contributed by atoms with Crippen molar-refractivity contribution in [3.8, 4) is 51.0 Å². The number of para-hydroxylation sites is 2. The summed E-state index contributed by atoms with van der Waals surface area (Å²) >= 11 is 1.85. The number of hydrogen-bond donors (Lipinski definition) is 0. The van der Waals surface area contributed by atoms with Gasteiger partial charge in [0.25, 0.3) is 0 Å². The standard InChI is InChI=1S/C51H30N4OS/c1-3-13-31(14-4-1)49-52-50(32-15-5-2-6-16-32)54-51(53-49)40-21-12-24-45-47(40)41-29-33(25-28-44(41)56-45)35-19-11-20-39-38-27-26-34(30-46(38)57-48(35)39)55-42-22-9-7-17-36(42)37-18-8-10-23-43(37)55/h1-30H. The molecule has 0 saturated carbocycles. The molecule has 0 aliphatic heterocycles. The molecule has 0 atom stereocenters. The first kappa shape index (κ1) is 31.9. The van der Waals surface area contributed by atoms with E-state index in [0.717, 1.165) is 49.9 Å². The highest BCUT2D eigenvalue weighted by molar-refractivity contribution is 7.26. The number of rotatable bonds is 5. The molecule has 8 aromatic carbocycles. The van der Waals surface area contributed by atoms with Crippen molar-refractivity contribution >= 4 is 75.3 Å². The summed E-state index contributed by atoms with van der Waals surface area (Å²) in [5, 5.41) is 7.05. The van der Waals surface area contributed by atoms with E-state index >= 15 is 0 Å². The second kappa shape index (κ2) is 12.6. The second-order valence-electron chi connectivity index (χ2n) is 14.4. The molecule has 0 saturated heterocycles. The molecule has 4 aromatic heterocycles. The molecule has 6 heteroatoms. The van der Waals surface area contributed by atoms with Crippen molar-refractivity contribution in [3.05, 3.63) is 182 Å². The Bertz CT molecular complexity index is 3420. The molecule has 0 fully saturated rings. The number of benzene rings is 8. The maximum atomic E-state index is 6.51. The van der Waals surface area contributed by atoms with Gasteiger partial charge in [-0.2, -0.15) is 0 Å². The van der Waals surface area contributed by atoms with Gasteiger partial charge in [-0.05, 0) is 53.6 Å². The quantitative estimate of drug-likeness (QED) is 0.176. The van der Waals surface area contributed by atoms with E-state index < -0.39 is 0 Å². The van der Waals surface area contributed by atoms with Gasteiger partial charge in [-0.25, -0.2) is 15.0 Å². The van der Waals surface area contributed by atoms with E-state index in [9.17, 15) is 0 Å². The minimum Gasteiger partial charge on any atom is -0.456 e. The summed E-state index contributed by atoms with van der Waals surface area (Å²) in [6, 6.07) is 63.8. The zero-order chi connectivity index (χ0) is 37.5. The molecule has 4 heterocycles. The van der Waals surface area contributed by atoms with Gasteiger partial charge < -0.3 is 8.98 Å². The third kappa shape index (κ3) is 5.04. The lowest BCUT2D eigenvalue weighted by Crippen LogP contribution is -2.00. The zero-order valence-electron chi connectivity index (χ0n) is 30.4. The first-order valence-electron chi connectivity index (χ1n) is 19.0. The maximum absolute atomic E-state index is 6.51. The molecule has 266 valence electrons. The molecule has 12 rings (SSSR count). The molecule has 0 amide bonds. The third-order valence-corrected chi connectivity index (χ3v) is 12.3. The Balaban J connectivity index is 1.03. The van der Waals surface area contributed by atoms with Crippen LogP contribution in [0.25, 0.3) is 115 Å². The number of nitrogens with zero attached hydrogens (tertiary/aromatic N) is 4. The van der Waals surface area contributed by atoms with Gasteiger partial charge >= 0.3 is 0 Å². The van der Waals surface area contributed by atoms with Crippen LogP contribution in [-0.4, -0.2) is 19.5 Å².